The number of aromatic nitrogens is 1. The molecule has 4 rings (SSSR count). The van der Waals surface area contributed by atoms with E-state index in [1.54, 1.807) is 29.5 Å². The summed E-state index contributed by atoms with van der Waals surface area (Å²) in [5.74, 6) is -0.148. The minimum atomic E-state index is -0.252. The summed E-state index contributed by atoms with van der Waals surface area (Å²) in [6, 6.07) is 11.5. The highest BCUT2D eigenvalue weighted by Gasteiger charge is 2.23. The number of hydrogen-bond donors (Lipinski definition) is 1. The first-order valence-electron chi connectivity index (χ1n) is 9.95. The molecule has 4 nitrogen and oxygen atoms in total. The van der Waals surface area contributed by atoms with E-state index in [1.807, 2.05) is 17.5 Å². The van der Waals surface area contributed by atoms with Crippen molar-refractivity contribution in [2.45, 2.75) is 37.1 Å². The van der Waals surface area contributed by atoms with Gasteiger partial charge in [-0.15, -0.1) is 11.3 Å². The number of anilines is 1. The molecule has 0 bridgehead atoms. The number of amides is 1. The number of rotatable bonds is 5. The molecule has 0 unspecified atom stereocenters. The van der Waals surface area contributed by atoms with E-state index in [0.717, 1.165) is 48.2 Å². The van der Waals surface area contributed by atoms with Crippen LogP contribution in [0.3, 0.4) is 0 Å². The van der Waals surface area contributed by atoms with Gasteiger partial charge in [0, 0.05) is 16.1 Å². The maximum atomic E-state index is 12.6. The molecule has 0 spiro atoms. The zero-order valence-corrected chi connectivity index (χ0v) is 19.7. The third-order valence-electron chi connectivity index (χ3n) is 5.14. The number of nitrogens with zero attached hydrogens (tertiary/aromatic N) is 2. The van der Waals surface area contributed by atoms with Gasteiger partial charge in [0.1, 0.15) is 11.1 Å². The molecule has 0 saturated heterocycles. The Hall–Kier alpha value is -2.04. The molecule has 31 heavy (non-hydrogen) atoms. The number of thiophene rings is 1. The van der Waals surface area contributed by atoms with E-state index in [4.69, 9.17) is 28.2 Å². The molecule has 1 N–H and O–H groups in total. The molecule has 0 aliphatic heterocycles. The Morgan fingerprint density at radius 3 is 2.65 bits per heavy atom. The molecule has 0 saturated carbocycles. The van der Waals surface area contributed by atoms with Crippen molar-refractivity contribution in [3.05, 3.63) is 62.6 Å². The van der Waals surface area contributed by atoms with E-state index in [9.17, 15) is 10.1 Å². The lowest BCUT2D eigenvalue weighted by molar-refractivity contribution is -0.113. The third kappa shape index (κ3) is 4.91. The zero-order chi connectivity index (χ0) is 21.8. The summed E-state index contributed by atoms with van der Waals surface area (Å²) in [5.41, 5.74) is 4.18. The van der Waals surface area contributed by atoms with Crippen LogP contribution in [0.5, 0.6) is 0 Å². The Morgan fingerprint density at radius 2 is 1.94 bits per heavy atom. The van der Waals surface area contributed by atoms with Crippen molar-refractivity contribution in [1.29, 1.82) is 5.26 Å². The summed E-state index contributed by atoms with van der Waals surface area (Å²) in [6.07, 6.45) is 5.18. The predicted molar refractivity (Wildman–Crippen MR) is 129 cm³/mol. The lowest BCUT2D eigenvalue weighted by Crippen LogP contribution is -2.15. The van der Waals surface area contributed by atoms with Gasteiger partial charge < -0.3 is 5.32 Å². The number of benzene rings is 1. The number of halogens is 2. The van der Waals surface area contributed by atoms with Gasteiger partial charge in [0.2, 0.25) is 5.91 Å². The highest BCUT2D eigenvalue weighted by molar-refractivity contribution is 8.00. The summed E-state index contributed by atoms with van der Waals surface area (Å²) >= 11 is 15.2. The molecule has 0 radical (unpaired) electrons. The van der Waals surface area contributed by atoms with Crippen LogP contribution in [0.1, 0.15) is 36.1 Å². The Labute approximate surface area is 199 Å². The minimum Gasteiger partial charge on any atom is -0.323 e. The average molecular weight is 488 g/mol. The van der Waals surface area contributed by atoms with Crippen LogP contribution < -0.4 is 5.32 Å². The summed E-state index contributed by atoms with van der Waals surface area (Å²) in [4.78, 5) is 18.5. The van der Waals surface area contributed by atoms with Crippen LogP contribution in [0.4, 0.5) is 5.69 Å². The molecular weight excluding hydrogens is 469 g/mol. The van der Waals surface area contributed by atoms with Gasteiger partial charge in [0.15, 0.2) is 0 Å². The number of aryl methyl sites for hydroxylation is 1. The summed E-state index contributed by atoms with van der Waals surface area (Å²) < 4.78 is 0. The number of fused-ring (bicyclic) bond motifs is 1. The van der Waals surface area contributed by atoms with E-state index in [1.165, 1.54) is 17.3 Å². The zero-order valence-electron chi connectivity index (χ0n) is 16.6. The van der Waals surface area contributed by atoms with Gasteiger partial charge in [-0.1, -0.05) is 53.5 Å². The van der Waals surface area contributed by atoms with Gasteiger partial charge in [0.25, 0.3) is 0 Å². The number of thioether (sulfide) groups is 1. The molecule has 1 aliphatic rings. The molecule has 0 fully saturated rings. The van der Waals surface area contributed by atoms with Gasteiger partial charge in [0.05, 0.1) is 27.0 Å². The number of nitrogens with one attached hydrogen (secondary N) is 1. The van der Waals surface area contributed by atoms with Gasteiger partial charge >= 0.3 is 0 Å². The van der Waals surface area contributed by atoms with E-state index in [0.29, 0.717) is 26.3 Å². The highest BCUT2D eigenvalue weighted by Crippen LogP contribution is 2.39. The number of carbonyl (C=O) groups is 1. The van der Waals surface area contributed by atoms with Gasteiger partial charge in [-0.3, -0.25) is 4.79 Å². The normalized spacial score (nSPS) is 13.2. The van der Waals surface area contributed by atoms with Crippen LogP contribution >= 0.6 is 46.3 Å². The van der Waals surface area contributed by atoms with Crippen LogP contribution in [-0.2, 0) is 17.6 Å². The van der Waals surface area contributed by atoms with Crippen molar-refractivity contribution >= 4 is 57.9 Å². The number of carbonyl (C=O) groups excluding carboxylic acids is 1. The summed E-state index contributed by atoms with van der Waals surface area (Å²) in [6.45, 7) is 0. The largest absolute Gasteiger partial charge is 0.323 e. The quantitative estimate of drug-likeness (QED) is 0.311. The molecule has 8 heteroatoms. The molecule has 1 aromatic carbocycles. The standard InChI is InChI=1S/C23H19Cl2N3OS2/c24-16-7-4-8-17(25)22(16)28-20(29)13-31-23-15(12-26)21(19-10-5-11-30-19)14-6-2-1-3-9-18(14)27-23/h4-5,7-8,10-11H,1-3,6,9,13H2,(H,28,29). The van der Waals surface area contributed by atoms with E-state index < -0.39 is 0 Å². The second-order valence-corrected chi connectivity index (χ2v) is 9.90. The molecule has 2 aromatic heterocycles. The Kier molecular flexibility index (Phi) is 7.19. The lowest BCUT2D eigenvalue weighted by atomic mass is 9.97. The second kappa shape index (κ2) is 10.1. The SMILES string of the molecule is N#Cc1c(SCC(=O)Nc2c(Cl)cccc2Cl)nc2c(c1-c1cccs1)CCCCC2. The molecule has 3 aromatic rings. The lowest BCUT2D eigenvalue weighted by Gasteiger charge is -2.16. The van der Waals surface area contributed by atoms with Crippen LogP contribution in [0.25, 0.3) is 10.4 Å². The molecule has 0 atom stereocenters. The highest BCUT2D eigenvalue weighted by atomic mass is 35.5. The summed E-state index contributed by atoms with van der Waals surface area (Å²) in [7, 11) is 0. The first kappa shape index (κ1) is 22.2. The monoisotopic (exact) mass is 487 g/mol. The third-order valence-corrected chi connectivity index (χ3v) is 7.63. The first-order chi connectivity index (χ1) is 15.1. The molecule has 2 heterocycles. The van der Waals surface area contributed by atoms with Crippen LogP contribution in [0, 0.1) is 11.3 Å². The fourth-order valence-corrected chi connectivity index (χ4v) is 5.83. The van der Waals surface area contributed by atoms with E-state index in [2.05, 4.69) is 11.4 Å². The topological polar surface area (TPSA) is 65.8 Å². The van der Waals surface area contributed by atoms with Crippen LogP contribution in [-0.4, -0.2) is 16.6 Å². The van der Waals surface area contributed by atoms with E-state index >= 15 is 0 Å². The fourth-order valence-electron chi connectivity index (χ4n) is 3.72. The number of pyridine rings is 1. The number of para-hydroxylation sites is 1. The van der Waals surface area contributed by atoms with Crippen molar-refractivity contribution in [3.63, 3.8) is 0 Å². The van der Waals surface area contributed by atoms with Crippen molar-refractivity contribution in [2.24, 2.45) is 0 Å². The van der Waals surface area contributed by atoms with Gasteiger partial charge in [-0.05, 0) is 54.8 Å². The fraction of sp³-hybridized carbons (Fsp3) is 0.261. The molecule has 1 aliphatic carbocycles. The summed E-state index contributed by atoms with van der Waals surface area (Å²) in [5, 5.41) is 16.2. The minimum absolute atomic E-state index is 0.103. The Morgan fingerprint density at radius 1 is 1.16 bits per heavy atom. The molecule has 1 amide bonds. The molecule has 158 valence electrons. The smallest absolute Gasteiger partial charge is 0.234 e. The van der Waals surface area contributed by atoms with Crippen LogP contribution in [0.15, 0.2) is 40.7 Å². The van der Waals surface area contributed by atoms with Crippen LogP contribution in [0.2, 0.25) is 10.0 Å². The number of nitriles is 1. The maximum Gasteiger partial charge on any atom is 0.234 e. The van der Waals surface area contributed by atoms with Crippen molar-refractivity contribution in [1.82, 2.24) is 4.98 Å². The number of hydrogen-bond acceptors (Lipinski definition) is 5. The average Bonchev–Trinajstić information content (AvgIpc) is 3.19. The Balaban J connectivity index is 1.64. The van der Waals surface area contributed by atoms with Crippen molar-refractivity contribution in [2.75, 3.05) is 11.1 Å². The van der Waals surface area contributed by atoms with Gasteiger partial charge in [-0.25, -0.2) is 4.98 Å². The second-order valence-electron chi connectivity index (χ2n) is 7.18. The Bertz CT molecular complexity index is 1140. The molecular formula is C23H19Cl2N3OS2. The predicted octanol–water partition coefficient (Wildman–Crippen LogP) is 6.99. The maximum absolute atomic E-state index is 12.6. The van der Waals surface area contributed by atoms with Gasteiger partial charge in [-0.2, -0.15) is 5.26 Å². The van der Waals surface area contributed by atoms with E-state index in [-0.39, 0.29) is 11.7 Å². The van der Waals surface area contributed by atoms with Crippen molar-refractivity contribution in [3.8, 4) is 16.5 Å². The first-order valence-corrected chi connectivity index (χ1v) is 12.6. The van der Waals surface area contributed by atoms with Crippen molar-refractivity contribution < 1.29 is 4.79 Å².